The first-order valence-corrected chi connectivity index (χ1v) is 7.71. The number of halogens is 1. The van der Waals surface area contributed by atoms with Crippen LogP contribution < -0.4 is 9.47 Å². The van der Waals surface area contributed by atoms with Gasteiger partial charge in [-0.05, 0) is 25.3 Å². The van der Waals surface area contributed by atoms with Gasteiger partial charge < -0.3 is 9.47 Å². The molecule has 1 aromatic carbocycles. The maximum absolute atomic E-state index is 10.7. The maximum Gasteiger partial charge on any atom is 0.235 e. The average molecular weight is 338 g/mol. The molecule has 1 aliphatic carbocycles. The van der Waals surface area contributed by atoms with E-state index in [0.717, 1.165) is 52.8 Å². The molecule has 0 unspecified atom stereocenters. The molecule has 0 radical (unpaired) electrons. The molecule has 1 aromatic rings. The van der Waals surface area contributed by atoms with E-state index in [0.29, 0.717) is 13.2 Å². The van der Waals surface area contributed by atoms with Gasteiger partial charge in [0.25, 0.3) is 0 Å². The number of isocyanates is 1. The highest BCUT2D eigenvalue weighted by atomic mass is 79.9. The first-order chi connectivity index (χ1) is 9.72. The van der Waals surface area contributed by atoms with E-state index in [1.165, 1.54) is 0 Å². The van der Waals surface area contributed by atoms with Crippen LogP contribution in [0.15, 0.2) is 15.5 Å². The summed E-state index contributed by atoms with van der Waals surface area (Å²) in [5, 5.41) is 0. The van der Waals surface area contributed by atoms with Gasteiger partial charge >= 0.3 is 0 Å². The predicted octanol–water partition coefficient (Wildman–Crippen LogP) is 3.50. The van der Waals surface area contributed by atoms with E-state index in [9.17, 15) is 4.79 Å². The Hall–Kier alpha value is -1.32. The lowest BCUT2D eigenvalue weighted by molar-refractivity contribution is 0.296. The molecular weight excluding hydrogens is 322 g/mol. The van der Waals surface area contributed by atoms with Crippen molar-refractivity contribution < 1.29 is 14.3 Å². The topological polar surface area (TPSA) is 47.9 Å². The molecule has 2 aliphatic rings. The quantitative estimate of drug-likeness (QED) is 0.626. The third-order valence-electron chi connectivity index (χ3n) is 3.89. The molecule has 4 nitrogen and oxygen atoms in total. The van der Waals surface area contributed by atoms with E-state index in [4.69, 9.17) is 9.47 Å². The molecule has 0 N–H and O–H groups in total. The number of ether oxygens (including phenoxy) is 2. The van der Waals surface area contributed by atoms with Crippen LogP contribution in [0.2, 0.25) is 0 Å². The smallest absolute Gasteiger partial charge is 0.235 e. The Labute approximate surface area is 126 Å². The normalized spacial score (nSPS) is 18.9. The fraction of sp³-hybridized carbons (Fsp3) is 0.533. The fourth-order valence-corrected chi connectivity index (χ4v) is 3.62. The van der Waals surface area contributed by atoms with Gasteiger partial charge in [0.2, 0.25) is 6.08 Å². The van der Waals surface area contributed by atoms with E-state index in [2.05, 4.69) is 27.8 Å². The van der Waals surface area contributed by atoms with Crippen molar-refractivity contribution in [1.82, 2.24) is 0 Å². The lowest BCUT2D eigenvalue weighted by atomic mass is 9.95. The number of hydrogen-bond donors (Lipinski definition) is 0. The lowest BCUT2D eigenvalue weighted by Crippen LogP contribution is -2.10. The van der Waals surface area contributed by atoms with E-state index >= 15 is 0 Å². The first-order valence-electron chi connectivity index (χ1n) is 6.92. The van der Waals surface area contributed by atoms with Gasteiger partial charge in [0.05, 0.1) is 18.8 Å². The average Bonchev–Trinajstić information content (AvgIpc) is 3.22. The summed E-state index contributed by atoms with van der Waals surface area (Å²) >= 11 is 3.61. The number of rotatable bonds is 3. The van der Waals surface area contributed by atoms with Gasteiger partial charge in [-0.25, -0.2) is 4.79 Å². The third-order valence-corrected chi connectivity index (χ3v) is 4.52. The van der Waals surface area contributed by atoms with Crippen LogP contribution >= 0.6 is 15.9 Å². The van der Waals surface area contributed by atoms with Crippen LogP contribution in [0, 0.1) is 0 Å². The molecule has 5 heteroatoms. The van der Waals surface area contributed by atoms with Crippen molar-refractivity contribution in [1.29, 1.82) is 0 Å². The summed E-state index contributed by atoms with van der Waals surface area (Å²) in [6.07, 6.45) is 5.18. The molecule has 0 aromatic heterocycles. The van der Waals surface area contributed by atoms with Crippen LogP contribution in [0.5, 0.6) is 11.5 Å². The van der Waals surface area contributed by atoms with Crippen molar-refractivity contribution in [3.63, 3.8) is 0 Å². The van der Waals surface area contributed by atoms with Gasteiger partial charge in [-0.3, -0.25) is 0 Å². The molecule has 0 saturated heterocycles. The maximum atomic E-state index is 10.7. The number of hydrogen-bond acceptors (Lipinski definition) is 4. The minimum absolute atomic E-state index is 0.406. The molecule has 20 heavy (non-hydrogen) atoms. The Kier molecular flexibility index (Phi) is 3.57. The van der Waals surface area contributed by atoms with Gasteiger partial charge in [0.1, 0.15) is 0 Å². The number of benzene rings is 1. The Morgan fingerprint density at radius 1 is 1.40 bits per heavy atom. The van der Waals surface area contributed by atoms with Crippen molar-refractivity contribution in [3.05, 3.63) is 21.7 Å². The summed E-state index contributed by atoms with van der Waals surface area (Å²) in [5.74, 6) is 1.59. The molecule has 0 amide bonds. The summed E-state index contributed by atoms with van der Waals surface area (Å²) in [5.41, 5.74) is 1.75. The number of nitrogens with zero attached hydrogens (tertiary/aromatic N) is 1. The van der Waals surface area contributed by atoms with Crippen molar-refractivity contribution >= 4 is 22.0 Å². The minimum atomic E-state index is -0.406. The van der Waals surface area contributed by atoms with Crippen molar-refractivity contribution in [2.24, 2.45) is 4.99 Å². The van der Waals surface area contributed by atoms with E-state index in [1.54, 1.807) is 6.08 Å². The summed E-state index contributed by atoms with van der Waals surface area (Å²) < 4.78 is 12.6. The first kappa shape index (κ1) is 13.7. The van der Waals surface area contributed by atoms with Gasteiger partial charge in [-0.15, -0.1) is 0 Å². The Bertz CT molecular complexity index is 589. The summed E-state index contributed by atoms with van der Waals surface area (Å²) in [6.45, 7) is 3.41. The molecule has 1 fully saturated rings. The Morgan fingerprint density at radius 2 is 2.15 bits per heavy atom. The largest absolute Gasteiger partial charge is 0.490 e. The van der Waals surface area contributed by atoms with Gasteiger partial charge in [-0.2, -0.15) is 4.99 Å². The summed E-state index contributed by atoms with van der Waals surface area (Å²) in [4.78, 5) is 14.8. The van der Waals surface area contributed by atoms with Crippen LogP contribution in [0.1, 0.15) is 37.3 Å². The molecular formula is C15H16BrNO3. The SMILES string of the molecule is CCc1c2c(cc(Br)c1C1(N=C=O)CC1)OCCCO2. The van der Waals surface area contributed by atoms with E-state index in [-0.39, 0.29) is 0 Å². The summed E-state index contributed by atoms with van der Waals surface area (Å²) in [7, 11) is 0. The fourth-order valence-electron chi connectivity index (χ4n) is 2.80. The van der Waals surface area contributed by atoms with Crippen LogP contribution in [-0.4, -0.2) is 19.3 Å². The second-order valence-electron chi connectivity index (χ2n) is 5.18. The molecule has 0 atom stereocenters. The Morgan fingerprint density at radius 3 is 2.80 bits per heavy atom. The van der Waals surface area contributed by atoms with Gasteiger partial charge in [0, 0.05) is 22.0 Å². The molecule has 1 heterocycles. The zero-order chi connectivity index (χ0) is 14.2. The molecule has 1 aliphatic heterocycles. The van der Waals surface area contributed by atoms with Crippen molar-refractivity contribution in [2.45, 2.75) is 38.1 Å². The van der Waals surface area contributed by atoms with Gasteiger partial charge in [-0.1, -0.05) is 22.9 Å². The Balaban J connectivity index is 2.20. The standard InChI is InChI=1S/C15H16BrNO3/c1-2-10-13(15(4-5-15)17-9-18)11(16)8-12-14(10)20-7-3-6-19-12/h8H,2-7H2,1H3. The number of fused-ring (bicyclic) bond motifs is 1. The molecule has 3 rings (SSSR count). The zero-order valence-electron chi connectivity index (χ0n) is 11.4. The minimum Gasteiger partial charge on any atom is -0.490 e. The lowest BCUT2D eigenvalue weighted by Gasteiger charge is -2.21. The van der Waals surface area contributed by atoms with Crippen LogP contribution in [0.25, 0.3) is 0 Å². The highest BCUT2D eigenvalue weighted by Gasteiger charge is 2.48. The number of carbonyl (C=O) groups excluding carboxylic acids is 1. The zero-order valence-corrected chi connectivity index (χ0v) is 13.0. The van der Waals surface area contributed by atoms with Crippen LogP contribution in [0.3, 0.4) is 0 Å². The number of aliphatic imine (C=N–C) groups is 1. The predicted molar refractivity (Wildman–Crippen MR) is 78.2 cm³/mol. The molecule has 0 spiro atoms. The van der Waals surface area contributed by atoms with Crippen molar-refractivity contribution in [2.75, 3.05) is 13.2 Å². The van der Waals surface area contributed by atoms with E-state index < -0.39 is 5.54 Å². The second-order valence-corrected chi connectivity index (χ2v) is 6.03. The molecule has 106 valence electrons. The molecule has 1 saturated carbocycles. The summed E-state index contributed by atoms with van der Waals surface area (Å²) in [6, 6.07) is 1.94. The highest BCUT2D eigenvalue weighted by molar-refractivity contribution is 9.10. The van der Waals surface area contributed by atoms with E-state index in [1.807, 2.05) is 6.07 Å². The highest BCUT2D eigenvalue weighted by Crippen LogP contribution is 2.55. The monoisotopic (exact) mass is 337 g/mol. The molecule has 0 bridgehead atoms. The van der Waals surface area contributed by atoms with Crippen LogP contribution in [0.4, 0.5) is 0 Å². The van der Waals surface area contributed by atoms with Gasteiger partial charge in [0.15, 0.2) is 11.5 Å². The van der Waals surface area contributed by atoms with Crippen molar-refractivity contribution in [3.8, 4) is 11.5 Å². The third kappa shape index (κ3) is 2.15. The second kappa shape index (κ2) is 5.23. The van der Waals surface area contributed by atoms with Crippen LogP contribution in [-0.2, 0) is 16.8 Å².